The van der Waals surface area contributed by atoms with E-state index in [-0.39, 0.29) is 23.2 Å². The number of benzene rings is 1. The Bertz CT molecular complexity index is 700. The Morgan fingerprint density at radius 2 is 1.68 bits per heavy atom. The zero-order chi connectivity index (χ0) is 18.4. The molecule has 0 saturated heterocycles. The molecular weight excluding hydrogens is 316 g/mol. The number of carbonyl (C=O) groups excluding carboxylic acids is 3. The summed E-state index contributed by atoms with van der Waals surface area (Å²) in [6.07, 6.45) is 6.10. The second kappa shape index (κ2) is 8.75. The van der Waals surface area contributed by atoms with E-state index < -0.39 is 5.97 Å². The maximum atomic E-state index is 12.9. The molecule has 1 aromatic rings. The lowest BCUT2D eigenvalue weighted by atomic mass is 9.83. The Kier molecular flexibility index (Phi) is 6.68. The molecule has 1 unspecified atom stereocenters. The topological polar surface area (TPSA) is 60.4 Å². The van der Waals surface area contributed by atoms with Gasteiger partial charge in [0.25, 0.3) is 0 Å². The lowest BCUT2D eigenvalue weighted by molar-refractivity contribution is -0.136. The van der Waals surface area contributed by atoms with Gasteiger partial charge >= 0.3 is 5.97 Å². The molecule has 1 aromatic carbocycles. The molecule has 0 aromatic heterocycles. The molecule has 0 saturated carbocycles. The number of hydrogen-bond donors (Lipinski definition) is 0. The van der Waals surface area contributed by atoms with Crippen molar-refractivity contribution >= 4 is 17.5 Å². The molecule has 25 heavy (non-hydrogen) atoms. The highest BCUT2D eigenvalue weighted by molar-refractivity contribution is 6.26. The second-order valence-electron chi connectivity index (χ2n) is 6.76. The van der Waals surface area contributed by atoms with Crippen molar-refractivity contribution in [2.24, 2.45) is 5.92 Å². The standard InChI is InChI=1S/C21H26O4/c1-4-5-6-7-10-14(2)13-18-19(23)16-11-8-9-12-17(16)20(24)21(18)25-15(3)22/h8-9,11-12,14H,4-7,10,13H2,1-3H3. The van der Waals surface area contributed by atoms with E-state index in [1.165, 1.54) is 26.2 Å². The van der Waals surface area contributed by atoms with Crippen LogP contribution < -0.4 is 0 Å². The normalized spacial score (nSPS) is 15.2. The summed E-state index contributed by atoms with van der Waals surface area (Å²) in [5.74, 6) is -0.995. The first-order valence-electron chi connectivity index (χ1n) is 9.05. The number of Topliss-reactive ketones (excluding diaryl/α,β-unsaturated/α-hetero) is 2. The third-order valence-electron chi connectivity index (χ3n) is 4.52. The van der Waals surface area contributed by atoms with Gasteiger partial charge < -0.3 is 4.74 Å². The molecule has 0 bridgehead atoms. The molecule has 4 nitrogen and oxygen atoms in total. The molecule has 0 radical (unpaired) electrons. The van der Waals surface area contributed by atoms with Gasteiger partial charge in [-0.05, 0) is 12.3 Å². The molecule has 1 aliphatic carbocycles. The van der Waals surface area contributed by atoms with Crippen LogP contribution in [-0.4, -0.2) is 17.5 Å². The van der Waals surface area contributed by atoms with Gasteiger partial charge in [-0.3, -0.25) is 14.4 Å². The lowest BCUT2D eigenvalue weighted by Gasteiger charge is -2.22. The molecule has 134 valence electrons. The molecule has 1 aliphatic rings. The lowest BCUT2D eigenvalue weighted by Crippen LogP contribution is -2.25. The monoisotopic (exact) mass is 342 g/mol. The van der Waals surface area contributed by atoms with E-state index in [0.29, 0.717) is 23.1 Å². The van der Waals surface area contributed by atoms with Crippen molar-refractivity contribution in [1.29, 1.82) is 0 Å². The number of hydrogen-bond acceptors (Lipinski definition) is 4. The summed E-state index contributed by atoms with van der Waals surface area (Å²) < 4.78 is 5.16. The van der Waals surface area contributed by atoms with Gasteiger partial charge in [-0.2, -0.15) is 0 Å². The molecule has 0 spiro atoms. The van der Waals surface area contributed by atoms with Crippen molar-refractivity contribution < 1.29 is 19.1 Å². The minimum absolute atomic E-state index is 0.0865. The first-order valence-corrected chi connectivity index (χ1v) is 9.05. The van der Waals surface area contributed by atoms with Gasteiger partial charge in [-0.25, -0.2) is 0 Å². The van der Waals surface area contributed by atoms with Crippen LogP contribution in [0.2, 0.25) is 0 Å². The molecule has 0 fully saturated rings. The fourth-order valence-corrected chi connectivity index (χ4v) is 3.21. The molecule has 2 rings (SSSR count). The molecule has 1 atom stereocenters. The minimum Gasteiger partial charge on any atom is -0.422 e. The Labute approximate surface area is 149 Å². The van der Waals surface area contributed by atoms with E-state index in [0.717, 1.165) is 12.8 Å². The highest BCUT2D eigenvalue weighted by Crippen LogP contribution is 2.31. The highest BCUT2D eigenvalue weighted by atomic mass is 16.5. The molecule has 4 heteroatoms. The number of rotatable bonds is 8. The summed E-state index contributed by atoms with van der Waals surface area (Å²) in [6.45, 7) is 5.49. The molecule has 0 amide bonds. The average Bonchev–Trinajstić information content (AvgIpc) is 2.59. The number of esters is 1. The van der Waals surface area contributed by atoms with Crippen LogP contribution >= 0.6 is 0 Å². The number of ether oxygens (including phenoxy) is 1. The number of carbonyl (C=O) groups is 3. The fraction of sp³-hybridized carbons (Fsp3) is 0.476. The molecular formula is C21H26O4. The van der Waals surface area contributed by atoms with Crippen molar-refractivity contribution in [2.45, 2.75) is 59.3 Å². The van der Waals surface area contributed by atoms with Crippen LogP contribution in [0.25, 0.3) is 0 Å². The summed E-state index contributed by atoms with van der Waals surface area (Å²) in [4.78, 5) is 37.0. The van der Waals surface area contributed by atoms with Crippen molar-refractivity contribution in [2.75, 3.05) is 0 Å². The van der Waals surface area contributed by atoms with Gasteiger partial charge in [0.1, 0.15) is 0 Å². The van der Waals surface area contributed by atoms with Crippen LogP contribution in [0.5, 0.6) is 0 Å². The average molecular weight is 342 g/mol. The quantitative estimate of drug-likeness (QED) is 0.499. The van der Waals surface area contributed by atoms with E-state index in [9.17, 15) is 14.4 Å². The molecule has 0 N–H and O–H groups in total. The predicted molar refractivity (Wildman–Crippen MR) is 96.4 cm³/mol. The Balaban J connectivity index is 2.25. The van der Waals surface area contributed by atoms with E-state index in [1.54, 1.807) is 24.3 Å². The Morgan fingerprint density at radius 1 is 1.04 bits per heavy atom. The van der Waals surface area contributed by atoms with Crippen molar-refractivity contribution in [3.05, 3.63) is 46.7 Å². The van der Waals surface area contributed by atoms with Crippen LogP contribution in [0.4, 0.5) is 0 Å². The van der Waals surface area contributed by atoms with Crippen LogP contribution in [-0.2, 0) is 9.53 Å². The third kappa shape index (κ3) is 4.65. The number of ketones is 2. The predicted octanol–water partition coefficient (Wildman–Crippen LogP) is 4.88. The number of allylic oxidation sites excluding steroid dienone is 2. The van der Waals surface area contributed by atoms with Gasteiger partial charge in [-0.15, -0.1) is 0 Å². The van der Waals surface area contributed by atoms with E-state index in [2.05, 4.69) is 13.8 Å². The maximum absolute atomic E-state index is 12.9. The van der Waals surface area contributed by atoms with Crippen molar-refractivity contribution in [3.63, 3.8) is 0 Å². The summed E-state index contributed by atoms with van der Waals surface area (Å²) in [5.41, 5.74) is 1.04. The van der Waals surface area contributed by atoms with Crippen LogP contribution in [0.3, 0.4) is 0 Å². The van der Waals surface area contributed by atoms with Crippen LogP contribution in [0, 0.1) is 5.92 Å². The molecule has 0 aliphatic heterocycles. The van der Waals surface area contributed by atoms with E-state index in [4.69, 9.17) is 4.74 Å². The van der Waals surface area contributed by atoms with E-state index >= 15 is 0 Å². The summed E-state index contributed by atoms with van der Waals surface area (Å²) >= 11 is 0. The van der Waals surface area contributed by atoms with Crippen LogP contribution in [0.1, 0.15) is 80.0 Å². The summed E-state index contributed by atoms with van der Waals surface area (Å²) in [5, 5.41) is 0. The van der Waals surface area contributed by atoms with Crippen LogP contribution in [0.15, 0.2) is 35.6 Å². The maximum Gasteiger partial charge on any atom is 0.308 e. The minimum atomic E-state index is -0.580. The zero-order valence-electron chi connectivity index (χ0n) is 15.3. The third-order valence-corrected chi connectivity index (χ3v) is 4.52. The van der Waals surface area contributed by atoms with Gasteiger partial charge in [0.05, 0.1) is 0 Å². The molecule has 0 heterocycles. The van der Waals surface area contributed by atoms with E-state index in [1.807, 2.05) is 0 Å². The highest BCUT2D eigenvalue weighted by Gasteiger charge is 2.34. The van der Waals surface area contributed by atoms with Gasteiger partial charge in [-0.1, -0.05) is 70.2 Å². The first-order chi connectivity index (χ1) is 12.0. The zero-order valence-corrected chi connectivity index (χ0v) is 15.3. The van der Waals surface area contributed by atoms with Gasteiger partial charge in [0, 0.05) is 23.6 Å². The summed E-state index contributed by atoms with van der Waals surface area (Å²) in [6, 6.07) is 6.71. The van der Waals surface area contributed by atoms with Crippen molar-refractivity contribution in [3.8, 4) is 0 Å². The largest absolute Gasteiger partial charge is 0.422 e. The van der Waals surface area contributed by atoms with Crippen molar-refractivity contribution in [1.82, 2.24) is 0 Å². The summed E-state index contributed by atoms with van der Waals surface area (Å²) in [7, 11) is 0. The fourth-order valence-electron chi connectivity index (χ4n) is 3.21. The SMILES string of the molecule is CCCCCCC(C)CC1=C(OC(C)=O)C(=O)c2ccccc2C1=O. The second-order valence-corrected chi connectivity index (χ2v) is 6.76. The number of fused-ring (bicyclic) bond motifs is 1. The van der Waals surface area contributed by atoms with Gasteiger partial charge in [0.2, 0.25) is 5.78 Å². The smallest absolute Gasteiger partial charge is 0.308 e. The Morgan fingerprint density at radius 3 is 2.28 bits per heavy atom. The Hall–Kier alpha value is -2.23. The van der Waals surface area contributed by atoms with Gasteiger partial charge in [0.15, 0.2) is 11.5 Å². The number of unbranched alkanes of at least 4 members (excludes halogenated alkanes) is 3. The first kappa shape index (κ1) is 19.1.